The summed E-state index contributed by atoms with van der Waals surface area (Å²) in [6, 6.07) is 5.63. The summed E-state index contributed by atoms with van der Waals surface area (Å²) in [5.74, 6) is -4.57. The van der Waals surface area contributed by atoms with Gasteiger partial charge in [-0.3, -0.25) is 4.79 Å². The molecule has 7 heteroatoms. The maximum Gasteiger partial charge on any atom is 0.262 e. The van der Waals surface area contributed by atoms with Gasteiger partial charge >= 0.3 is 0 Å². The van der Waals surface area contributed by atoms with E-state index >= 15 is 0 Å². The maximum absolute atomic E-state index is 14.2. The SMILES string of the molecule is Cc1cc(/C=C(\C#N)C(=O)NC2CC2)c(C)n1-c1ccc(F)c(F)c1F. The number of aromatic nitrogens is 1. The third-order valence-corrected chi connectivity index (χ3v) is 4.30. The lowest BCUT2D eigenvalue weighted by atomic mass is 10.1. The number of amides is 1. The molecule has 1 heterocycles. The van der Waals surface area contributed by atoms with E-state index in [0.717, 1.165) is 25.0 Å². The highest BCUT2D eigenvalue weighted by Gasteiger charge is 2.25. The number of rotatable bonds is 4. The molecule has 0 saturated heterocycles. The van der Waals surface area contributed by atoms with Gasteiger partial charge < -0.3 is 9.88 Å². The van der Waals surface area contributed by atoms with Crippen LogP contribution in [0.1, 0.15) is 29.8 Å². The number of benzene rings is 1. The lowest BCUT2D eigenvalue weighted by Gasteiger charge is -2.11. The van der Waals surface area contributed by atoms with Crippen LogP contribution in [0.2, 0.25) is 0 Å². The molecule has 0 bridgehead atoms. The molecule has 1 aromatic carbocycles. The second-order valence-corrected chi connectivity index (χ2v) is 6.27. The Balaban J connectivity index is 2.03. The third-order valence-electron chi connectivity index (χ3n) is 4.30. The van der Waals surface area contributed by atoms with Crippen LogP contribution in [0.25, 0.3) is 11.8 Å². The number of carbonyl (C=O) groups is 1. The Labute approximate surface area is 148 Å². The Hall–Kier alpha value is -3.01. The van der Waals surface area contributed by atoms with Gasteiger partial charge in [0, 0.05) is 17.4 Å². The molecular weight excluding hydrogens is 343 g/mol. The van der Waals surface area contributed by atoms with Crippen molar-refractivity contribution < 1.29 is 18.0 Å². The average molecular weight is 359 g/mol. The van der Waals surface area contributed by atoms with Crippen molar-refractivity contribution in [2.24, 2.45) is 0 Å². The molecule has 1 N–H and O–H groups in total. The Morgan fingerprint density at radius 2 is 1.96 bits per heavy atom. The van der Waals surface area contributed by atoms with Crippen LogP contribution in [-0.4, -0.2) is 16.5 Å². The van der Waals surface area contributed by atoms with Crippen LogP contribution >= 0.6 is 0 Å². The van der Waals surface area contributed by atoms with Crippen LogP contribution < -0.4 is 5.32 Å². The van der Waals surface area contributed by atoms with Gasteiger partial charge in [-0.2, -0.15) is 5.26 Å². The van der Waals surface area contributed by atoms with Crippen molar-refractivity contribution in [3.05, 3.63) is 58.2 Å². The van der Waals surface area contributed by atoms with Gasteiger partial charge in [0.15, 0.2) is 17.5 Å². The van der Waals surface area contributed by atoms with E-state index < -0.39 is 23.4 Å². The zero-order valence-corrected chi connectivity index (χ0v) is 14.2. The Kier molecular flexibility index (Phi) is 4.60. The zero-order valence-electron chi connectivity index (χ0n) is 14.2. The largest absolute Gasteiger partial charge is 0.349 e. The third kappa shape index (κ3) is 3.23. The van der Waals surface area contributed by atoms with Crippen molar-refractivity contribution in [1.29, 1.82) is 5.26 Å². The average Bonchev–Trinajstić information content (AvgIpc) is 3.37. The smallest absolute Gasteiger partial charge is 0.262 e. The Morgan fingerprint density at radius 1 is 1.27 bits per heavy atom. The monoisotopic (exact) mass is 359 g/mol. The highest BCUT2D eigenvalue weighted by atomic mass is 19.2. The molecule has 26 heavy (non-hydrogen) atoms. The minimum absolute atomic E-state index is 0.0668. The van der Waals surface area contributed by atoms with Gasteiger partial charge in [0.05, 0.1) is 5.69 Å². The van der Waals surface area contributed by atoms with Crippen molar-refractivity contribution >= 4 is 12.0 Å². The summed E-state index contributed by atoms with van der Waals surface area (Å²) < 4.78 is 42.3. The van der Waals surface area contributed by atoms with E-state index in [1.165, 1.54) is 10.6 Å². The summed E-state index contributed by atoms with van der Waals surface area (Å²) in [5.41, 5.74) is 1.37. The molecule has 2 aromatic rings. The number of nitriles is 1. The normalized spacial score (nSPS) is 14.2. The topological polar surface area (TPSA) is 57.8 Å². The summed E-state index contributed by atoms with van der Waals surface area (Å²) in [6.07, 6.45) is 3.21. The van der Waals surface area contributed by atoms with Crippen LogP contribution in [0.4, 0.5) is 13.2 Å². The first kappa shape index (κ1) is 17.8. The minimum Gasteiger partial charge on any atom is -0.349 e. The highest BCUT2D eigenvalue weighted by molar-refractivity contribution is 6.02. The minimum atomic E-state index is -1.55. The quantitative estimate of drug-likeness (QED) is 0.514. The van der Waals surface area contributed by atoms with Gasteiger partial charge in [-0.1, -0.05) is 0 Å². The number of hydrogen-bond acceptors (Lipinski definition) is 2. The first-order valence-electron chi connectivity index (χ1n) is 8.09. The van der Waals surface area contributed by atoms with Crippen LogP contribution in [0.15, 0.2) is 23.8 Å². The Morgan fingerprint density at radius 3 is 2.58 bits per heavy atom. The molecule has 0 radical (unpaired) electrons. The molecule has 1 aliphatic carbocycles. The summed E-state index contributed by atoms with van der Waals surface area (Å²) in [5, 5.41) is 12.0. The molecule has 0 spiro atoms. The number of nitrogens with zero attached hydrogens (tertiary/aromatic N) is 2. The van der Waals surface area contributed by atoms with Crippen molar-refractivity contribution in [3.63, 3.8) is 0 Å². The molecule has 1 saturated carbocycles. The summed E-state index contributed by atoms with van der Waals surface area (Å²) in [4.78, 5) is 12.1. The summed E-state index contributed by atoms with van der Waals surface area (Å²) in [6.45, 7) is 3.31. The van der Waals surface area contributed by atoms with E-state index in [1.807, 2.05) is 6.07 Å². The predicted octanol–water partition coefficient (Wildman–Crippen LogP) is 3.70. The second-order valence-electron chi connectivity index (χ2n) is 6.27. The predicted molar refractivity (Wildman–Crippen MR) is 89.9 cm³/mol. The number of aryl methyl sites for hydroxylation is 1. The standard InChI is InChI=1S/C19H16F3N3O/c1-10-7-12(8-13(9-23)19(26)24-14-3-4-14)11(2)25(10)16-6-5-15(20)17(21)18(16)22/h5-8,14H,3-4H2,1-2H3,(H,24,26)/b13-8+. The molecule has 1 aliphatic rings. The number of carbonyl (C=O) groups excluding carboxylic acids is 1. The number of halogens is 3. The fourth-order valence-corrected chi connectivity index (χ4v) is 2.79. The van der Waals surface area contributed by atoms with Gasteiger partial charge in [-0.25, -0.2) is 13.2 Å². The molecule has 1 aromatic heterocycles. The Bertz CT molecular complexity index is 965. The summed E-state index contributed by atoms with van der Waals surface area (Å²) in [7, 11) is 0. The van der Waals surface area contributed by atoms with Gasteiger partial charge in [0.25, 0.3) is 5.91 Å². The van der Waals surface area contributed by atoms with E-state index in [2.05, 4.69) is 5.32 Å². The van der Waals surface area contributed by atoms with Crippen molar-refractivity contribution in [3.8, 4) is 11.8 Å². The van der Waals surface area contributed by atoms with E-state index in [0.29, 0.717) is 17.0 Å². The second kappa shape index (κ2) is 6.71. The van der Waals surface area contributed by atoms with Crippen LogP contribution in [0.3, 0.4) is 0 Å². The lowest BCUT2D eigenvalue weighted by Crippen LogP contribution is -2.26. The molecule has 1 fully saturated rings. The van der Waals surface area contributed by atoms with Crippen molar-refractivity contribution in [2.75, 3.05) is 0 Å². The van der Waals surface area contributed by atoms with Crippen LogP contribution in [0, 0.1) is 42.6 Å². The molecule has 0 unspecified atom stereocenters. The first-order chi connectivity index (χ1) is 12.3. The van der Waals surface area contributed by atoms with Crippen LogP contribution in [-0.2, 0) is 4.79 Å². The van der Waals surface area contributed by atoms with E-state index in [4.69, 9.17) is 0 Å². The summed E-state index contributed by atoms with van der Waals surface area (Å²) >= 11 is 0. The van der Waals surface area contributed by atoms with Crippen molar-refractivity contribution in [1.82, 2.24) is 9.88 Å². The highest BCUT2D eigenvalue weighted by Crippen LogP contribution is 2.27. The maximum atomic E-state index is 14.2. The number of hydrogen-bond donors (Lipinski definition) is 1. The van der Waals surface area contributed by atoms with Gasteiger partial charge in [-0.05, 0) is 56.5 Å². The van der Waals surface area contributed by atoms with E-state index in [1.54, 1.807) is 19.9 Å². The van der Waals surface area contributed by atoms with Gasteiger partial charge in [0.1, 0.15) is 11.6 Å². The fourth-order valence-electron chi connectivity index (χ4n) is 2.79. The molecule has 0 aliphatic heterocycles. The zero-order chi connectivity index (χ0) is 19.0. The van der Waals surface area contributed by atoms with Crippen LogP contribution in [0.5, 0.6) is 0 Å². The first-order valence-corrected chi connectivity index (χ1v) is 8.09. The molecule has 1 amide bonds. The molecule has 4 nitrogen and oxygen atoms in total. The molecular formula is C19H16F3N3O. The molecule has 0 atom stereocenters. The van der Waals surface area contributed by atoms with E-state index in [-0.39, 0.29) is 17.3 Å². The van der Waals surface area contributed by atoms with Gasteiger partial charge in [-0.15, -0.1) is 0 Å². The van der Waals surface area contributed by atoms with E-state index in [9.17, 15) is 23.2 Å². The fraction of sp³-hybridized carbons (Fsp3) is 0.263. The lowest BCUT2D eigenvalue weighted by molar-refractivity contribution is -0.117. The van der Waals surface area contributed by atoms with Gasteiger partial charge in [0.2, 0.25) is 0 Å². The molecule has 134 valence electrons. The molecule has 3 rings (SSSR count). The van der Waals surface area contributed by atoms with Crippen molar-refractivity contribution in [2.45, 2.75) is 32.7 Å². The number of nitrogens with one attached hydrogen (secondary N) is 1.